The number of hydrogen-bond donors (Lipinski definition) is 2. The molecule has 0 spiro atoms. The molecule has 0 radical (unpaired) electrons. The Morgan fingerprint density at radius 2 is 2.18 bits per heavy atom. The summed E-state index contributed by atoms with van der Waals surface area (Å²) in [7, 11) is 1.94. The molecule has 0 bridgehead atoms. The normalized spacial score (nSPS) is 22.2. The molecule has 0 aromatic rings. The predicted octanol–water partition coefficient (Wildman–Crippen LogP) is 2.33. The van der Waals surface area contributed by atoms with E-state index in [-0.39, 0.29) is 5.41 Å². The van der Waals surface area contributed by atoms with Gasteiger partial charge in [-0.15, -0.1) is 12.6 Å². The van der Waals surface area contributed by atoms with Gasteiger partial charge in [-0.2, -0.15) is 0 Å². The van der Waals surface area contributed by atoms with Crippen molar-refractivity contribution < 1.29 is 0 Å². The Kier molecular flexibility index (Phi) is 2.33. The number of hydrogen-bond acceptors (Lipinski definition) is 2. The van der Waals surface area contributed by atoms with Crippen LogP contribution in [0.1, 0.15) is 20.3 Å². The lowest BCUT2D eigenvalue weighted by Crippen LogP contribution is -2.17. The highest BCUT2D eigenvalue weighted by molar-refractivity contribution is 7.84. The summed E-state index contributed by atoms with van der Waals surface area (Å²) in [5.41, 5.74) is 1.43. The predicted molar refractivity (Wildman–Crippen MR) is 52.6 cm³/mol. The number of thiol groups is 1. The molecule has 0 heterocycles. The molecule has 1 nitrogen and oxygen atoms in total. The van der Waals surface area contributed by atoms with Gasteiger partial charge in [-0.05, 0) is 22.8 Å². The molecule has 0 saturated carbocycles. The molecule has 11 heavy (non-hydrogen) atoms. The van der Waals surface area contributed by atoms with E-state index >= 15 is 0 Å². The highest BCUT2D eigenvalue weighted by Crippen LogP contribution is 2.33. The second kappa shape index (κ2) is 2.94. The average molecular weight is 169 g/mol. The van der Waals surface area contributed by atoms with Crippen LogP contribution in [0, 0.1) is 5.41 Å². The van der Waals surface area contributed by atoms with Gasteiger partial charge in [-0.3, -0.25) is 0 Å². The van der Waals surface area contributed by atoms with Crippen LogP contribution in [0.5, 0.6) is 0 Å². The zero-order valence-corrected chi connectivity index (χ0v) is 8.20. The summed E-state index contributed by atoms with van der Waals surface area (Å²) in [6, 6.07) is 0. The van der Waals surface area contributed by atoms with Gasteiger partial charge in [0.2, 0.25) is 0 Å². The molecule has 1 aliphatic carbocycles. The molecule has 0 aromatic carbocycles. The van der Waals surface area contributed by atoms with E-state index in [1.807, 2.05) is 7.05 Å². The van der Waals surface area contributed by atoms with Crippen molar-refractivity contribution in [3.05, 3.63) is 22.8 Å². The summed E-state index contributed by atoms with van der Waals surface area (Å²) in [6.07, 6.45) is 5.36. The third-order valence-corrected chi connectivity index (χ3v) is 2.08. The number of nitrogens with one attached hydrogen (secondary N) is 1. The number of allylic oxidation sites excluding steroid dienone is 3. The molecule has 2 heteroatoms. The van der Waals surface area contributed by atoms with E-state index in [1.165, 1.54) is 5.70 Å². The Balaban J connectivity index is 2.86. The van der Waals surface area contributed by atoms with Crippen molar-refractivity contribution in [1.29, 1.82) is 0 Å². The van der Waals surface area contributed by atoms with Crippen LogP contribution in [0.3, 0.4) is 0 Å². The lowest BCUT2D eigenvalue weighted by Gasteiger charge is -2.25. The maximum atomic E-state index is 4.37. The van der Waals surface area contributed by atoms with Gasteiger partial charge in [0.25, 0.3) is 0 Å². The van der Waals surface area contributed by atoms with Crippen LogP contribution in [-0.2, 0) is 0 Å². The Morgan fingerprint density at radius 1 is 1.55 bits per heavy atom. The van der Waals surface area contributed by atoms with Crippen molar-refractivity contribution >= 4 is 12.6 Å². The highest BCUT2D eigenvalue weighted by Gasteiger charge is 2.19. The van der Waals surface area contributed by atoms with E-state index in [4.69, 9.17) is 0 Å². The number of likely N-dealkylation sites (N-methyl/N-ethyl adjacent to an activating group) is 1. The smallest absolute Gasteiger partial charge is 0.0310 e. The lowest BCUT2D eigenvalue weighted by molar-refractivity contribution is 0.474. The maximum absolute atomic E-state index is 4.37. The summed E-state index contributed by atoms with van der Waals surface area (Å²) in [6.45, 7) is 4.43. The van der Waals surface area contributed by atoms with Gasteiger partial charge < -0.3 is 5.32 Å². The third kappa shape index (κ3) is 2.29. The SMILES string of the molecule is CNC1=CC(C)(C)CC(S)=C1. The summed E-state index contributed by atoms with van der Waals surface area (Å²) in [5.74, 6) is 0. The van der Waals surface area contributed by atoms with E-state index < -0.39 is 0 Å². The first kappa shape index (κ1) is 8.72. The molecule has 0 aliphatic heterocycles. The van der Waals surface area contributed by atoms with E-state index in [0.29, 0.717) is 0 Å². The van der Waals surface area contributed by atoms with Crippen molar-refractivity contribution in [3.63, 3.8) is 0 Å². The molecule has 0 fully saturated rings. The minimum atomic E-state index is 0.254. The van der Waals surface area contributed by atoms with Crippen molar-refractivity contribution in [2.45, 2.75) is 20.3 Å². The second-order valence-electron chi connectivity index (χ2n) is 3.65. The summed E-state index contributed by atoms with van der Waals surface area (Å²) in [4.78, 5) is 1.15. The Bertz CT molecular complexity index is 214. The van der Waals surface area contributed by atoms with Crippen LogP contribution in [-0.4, -0.2) is 7.05 Å². The van der Waals surface area contributed by atoms with Crippen LogP contribution in [0.4, 0.5) is 0 Å². The largest absolute Gasteiger partial charge is 0.388 e. The first-order valence-corrected chi connectivity index (χ1v) is 4.28. The molecule has 62 valence electrons. The minimum absolute atomic E-state index is 0.254. The Labute approximate surface area is 74.0 Å². The Morgan fingerprint density at radius 3 is 2.64 bits per heavy atom. The average Bonchev–Trinajstić information content (AvgIpc) is 1.83. The summed E-state index contributed by atoms with van der Waals surface area (Å²) < 4.78 is 0. The van der Waals surface area contributed by atoms with E-state index in [0.717, 1.165) is 11.3 Å². The van der Waals surface area contributed by atoms with Crippen molar-refractivity contribution in [1.82, 2.24) is 5.32 Å². The molecule has 0 atom stereocenters. The fourth-order valence-corrected chi connectivity index (χ4v) is 1.90. The highest BCUT2D eigenvalue weighted by atomic mass is 32.1. The molecule has 0 aromatic heterocycles. The number of rotatable bonds is 1. The molecular weight excluding hydrogens is 154 g/mol. The van der Waals surface area contributed by atoms with Crippen LogP contribution in [0.15, 0.2) is 22.8 Å². The molecule has 1 aliphatic rings. The van der Waals surface area contributed by atoms with E-state index in [2.05, 4.69) is 43.9 Å². The van der Waals surface area contributed by atoms with Gasteiger partial charge in [0.1, 0.15) is 0 Å². The maximum Gasteiger partial charge on any atom is 0.0310 e. The molecule has 1 N–H and O–H groups in total. The van der Waals surface area contributed by atoms with Gasteiger partial charge in [-0.25, -0.2) is 0 Å². The first-order valence-electron chi connectivity index (χ1n) is 3.84. The van der Waals surface area contributed by atoms with Crippen LogP contribution < -0.4 is 5.32 Å². The van der Waals surface area contributed by atoms with E-state index in [9.17, 15) is 0 Å². The van der Waals surface area contributed by atoms with Crippen LogP contribution in [0.25, 0.3) is 0 Å². The van der Waals surface area contributed by atoms with Gasteiger partial charge in [-0.1, -0.05) is 19.9 Å². The van der Waals surface area contributed by atoms with Crippen LogP contribution >= 0.6 is 12.6 Å². The fourth-order valence-electron chi connectivity index (χ4n) is 1.36. The van der Waals surface area contributed by atoms with Gasteiger partial charge in [0.05, 0.1) is 0 Å². The molecule has 0 amide bonds. The molecule has 1 rings (SSSR count). The molecular formula is C9H15NS. The first-order chi connectivity index (χ1) is 5.03. The van der Waals surface area contributed by atoms with Gasteiger partial charge >= 0.3 is 0 Å². The minimum Gasteiger partial charge on any atom is -0.388 e. The van der Waals surface area contributed by atoms with Crippen molar-refractivity contribution in [2.75, 3.05) is 7.05 Å². The molecule has 0 unspecified atom stereocenters. The quantitative estimate of drug-likeness (QED) is 0.574. The lowest BCUT2D eigenvalue weighted by atomic mass is 9.85. The summed E-state index contributed by atoms with van der Waals surface area (Å²) >= 11 is 4.37. The zero-order valence-electron chi connectivity index (χ0n) is 7.31. The van der Waals surface area contributed by atoms with Crippen LogP contribution in [0.2, 0.25) is 0 Å². The monoisotopic (exact) mass is 169 g/mol. The molecule has 0 saturated heterocycles. The summed E-state index contributed by atoms with van der Waals surface area (Å²) in [5, 5.41) is 3.13. The fraction of sp³-hybridized carbons (Fsp3) is 0.556. The standard InChI is InChI=1S/C9H15NS/c1-9(2)5-7(10-3)4-8(11)6-9/h4-5,10-11H,6H2,1-3H3. The van der Waals surface area contributed by atoms with Crippen molar-refractivity contribution in [3.8, 4) is 0 Å². The second-order valence-corrected chi connectivity index (χ2v) is 4.23. The van der Waals surface area contributed by atoms with Gasteiger partial charge in [0, 0.05) is 12.7 Å². The van der Waals surface area contributed by atoms with E-state index in [1.54, 1.807) is 0 Å². The zero-order chi connectivity index (χ0) is 8.48. The topological polar surface area (TPSA) is 12.0 Å². The third-order valence-electron chi connectivity index (χ3n) is 1.79. The van der Waals surface area contributed by atoms with Crippen molar-refractivity contribution in [2.24, 2.45) is 5.41 Å². The Hall–Kier alpha value is -0.370. The van der Waals surface area contributed by atoms with Gasteiger partial charge in [0.15, 0.2) is 0 Å².